The number of nitrogen functional groups attached to an aromatic ring is 2. The second-order valence-electron chi connectivity index (χ2n) is 4.23. The lowest BCUT2D eigenvalue weighted by Gasteiger charge is -2.17. The first-order chi connectivity index (χ1) is 8.90. The van der Waals surface area contributed by atoms with E-state index in [2.05, 4.69) is 10.3 Å². The summed E-state index contributed by atoms with van der Waals surface area (Å²) in [6, 6.07) is 1.27. The highest BCUT2D eigenvalue weighted by molar-refractivity contribution is 7.11. The fourth-order valence-electron chi connectivity index (χ4n) is 1.66. The van der Waals surface area contributed by atoms with Crippen LogP contribution in [0.25, 0.3) is 0 Å². The van der Waals surface area contributed by atoms with Crippen molar-refractivity contribution in [2.45, 2.75) is 19.9 Å². The number of hydrogen-bond acceptors (Lipinski definition) is 5. The van der Waals surface area contributed by atoms with Gasteiger partial charge in [0.15, 0.2) is 5.82 Å². The van der Waals surface area contributed by atoms with E-state index < -0.39 is 5.82 Å². The molecule has 0 aliphatic rings. The molecule has 7 heteroatoms. The Hall–Kier alpha value is -1.53. The minimum Gasteiger partial charge on any atom is -0.397 e. The van der Waals surface area contributed by atoms with Crippen molar-refractivity contribution < 1.29 is 4.39 Å². The van der Waals surface area contributed by atoms with Crippen LogP contribution in [0.2, 0.25) is 5.02 Å². The Balaban J connectivity index is 2.31. The van der Waals surface area contributed by atoms with Gasteiger partial charge < -0.3 is 16.8 Å². The lowest BCUT2D eigenvalue weighted by molar-refractivity contribution is 0.629. The minimum absolute atomic E-state index is 0.125. The van der Waals surface area contributed by atoms with Crippen molar-refractivity contribution in [1.82, 2.24) is 4.98 Å². The van der Waals surface area contributed by atoms with Crippen molar-refractivity contribution in [2.24, 2.45) is 0 Å². The van der Waals surface area contributed by atoms with E-state index >= 15 is 0 Å². The largest absolute Gasteiger partial charge is 0.397 e. The maximum atomic E-state index is 14.0. The van der Waals surface area contributed by atoms with Gasteiger partial charge in [0.2, 0.25) is 0 Å². The van der Waals surface area contributed by atoms with Crippen molar-refractivity contribution in [2.75, 3.05) is 16.8 Å². The molecule has 0 radical (unpaired) electrons. The van der Waals surface area contributed by atoms with E-state index in [-0.39, 0.29) is 28.1 Å². The number of benzene rings is 1. The van der Waals surface area contributed by atoms with Crippen molar-refractivity contribution in [3.05, 3.63) is 33.0 Å². The molecular weight excluding hydrogens is 287 g/mol. The zero-order chi connectivity index (χ0) is 14.2. The van der Waals surface area contributed by atoms with Crippen LogP contribution in [-0.4, -0.2) is 4.98 Å². The Bertz CT molecular complexity index is 614. The van der Waals surface area contributed by atoms with Gasteiger partial charge in [0.25, 0.3) is 0 Å². The summed E-state index contributed by atoms with van der Waals surface area (Å²) >= 11 is 7.32. The van der Waals surface area contributed by atoms with Gasteiger partial charge in [-0.2, -0.15) is 0 Å². The first-order valence-electron chi connectivity index (χ1n) is 5.62. The fraction of sp³-hybridized carbons (Fsp3) is 0.250. The van der Waals surface area contributed by atoms with Crippen LogP contribution in [0.15, 0.2) is 12.3 Å². The van der Waals surface area contributed by atoms with Crippen molar-refractivity contribution >= 4 is 40.0 Å². The van der Waals surface area contributed by atoms with Crippen LogP contribution in [0.3, 0.4) is 0 Å². The third-order valence-corrected chi connectivity index (χ3v) is 4.12. The Labute approximate surface area is 119 Å². The fourth-order valence-corrected chi connectivity index (χ4v) is 2.59. The molecule has 1 aromatic carbocycles. The second kappa shape index (κ2) is 5.22. The summed E-state index contributed by atoms with van der Waals surface area (Å²) in [5.74, 6) is -0.640. The highest BCUT2D eigenvalue weighted by Crippen LogP contribution is 2.35. The average Bonchev–Trinajstić information content (AvgIpc) is 2.78. The van der Waals surface area contributed by atoms with E-state index in [4.69, 9.17) is 23.1 Å². The molecule has 0 spiro atoms. The number of aromatic nitrogens is 1. The number of anilines is 3. The number of hydrogen-bond donors (Lipinski definition) is 3. The first kappa shape index (κ1) is 13.9. The summed E-state index contributed by atoms with van der Waals surface area (Å²) in [6.07, 6.45) is 1.77. The van der Waals surface area contributed by atoms with E-state index in [0.29, 0.717) is 0 Å². The van der Waals surface area contributed by atoms with Crippen molar-refractivity contribution in [3.63, 3.8) is 0 Å². The van der Waals surface area contributed by atoms with Crippen LogP contribution < -0.4 is 16.8 Å². The Morgan fingerprint density at radius 1 is 1.42 bits per heavy atom. The summed E-state index contributed by atoms with van der Waals surface area (Å²) < 4.78 is 14.0. The lowest BCUT2D eigenvalue weighted by Crippen LogP contribution is -2.10. The van der Waals surface area contributed by atoms with Crippen LogP contribution in [0, 0.1) is 12.7 Å². The van der Waals surface area contributed by atoms with E-state index in [1.807, 2.05) is 13.8 Å². The monoisotopic (exact) mass is 300 g/mol. The molecule has 2 aromatic rings. The van der Waals surface area contributed by atoms with E-state index in [9.17, 15) is 4.39 Å². The predicted octanol–water partition coefficient (Wildman–Crippen LogP) is 3.58. The lowest BCUT2D eigenvalue weighted by atomic mass is 10.2. The van der Waals surface area contributed by atoms with Crippen LogP contribution in [-0.2, 0) is 0 Å². The summed E-state index contributed by atoms with van der Waals surface area (Å²) in [4.78, 5) is 5.34. The zero-order valence-electron chi connectivity index (χ0n) is 10.5. The molecule has 0 aliphatic heterocycles. The summed E-state index contributed by atoms with van der Waals surface area (Å²) in [5, 5.41) is 3.71. The van der Waals surface area contributed by atoms with Gasteiger partial charge in [-0.05, 0) is 19.9 Å². The molecule has 2 rings (SSSR count). The third kappa shape index (κ3) is 2.74. The average molecular weight is 301 g/mol. The number of halogens is 2. The second-order valence-corrected chi connectivity index (χ2v) is 5.88. The molecule has 0 amide bonds. The highest BCUT2D eigenvalue weighted by Gasteiger charge is 2.17. The molecule has 1 heterocycles. The van der Waals surface area contributed by atoms with Gasteiger partial charge in [-0.15, -0.1) is 11.3 Å². The molecule has 0 fully saturated rings. The molecule has 1 aromatic heterocycles. The molecular formula is C12H14ClFN4S. The number of thiazole rings is 1. The number of aryl methyl sites for hydroxylation is 1. The predicted molar refractivity (Wildman–Crippen MR) is 79.1 cm³/mol. The van der Waals surface area contributed by atoms with Gasteiger partial charge >= 0.3 is 0 Å². The molecule has 0 saturated heterocycles. The van der Waals surface area contributed by atoms with Gasteiger partial charge in [0.1, 0.15) is 10.0 Å². The van der Waals surface area contributed by atoms with Crippen molar-refractivity contribution in [1.29, 1.82) is 0 Å². The number of nitrogens with zero attached hydrogens (tertiary/aromatic N) is 1. The molecule has 0 bridgehead atoms. The number of nitrogens with two attached hydrogens (primary N) is 2. The summed E-state index contributed by atoms with van der Waals surface area (Å²) in [6.45, 7) is 3.84. The van der Waals surface area contributed by atoms with E-state index in [1.54, 1.807) is 6.20 Å². The van der Waals surface area contributed by atoms with E-state index in [0.717, 1.165) is 9.88 Å². The summed E-state index contributed by atoms with van der Waals surface area (Å²) in [5.41, 5.74) is 11.8. The van der Waals surface area contributed by atoms with E-state index in [1.165, 1.54) is 17.4 Å². The molecule has 4 nitrogen and oxygen atoms in total. The maximum absolute atomic E-state index is 14.0. The molecule has 1 atom stereocenters. The Morgan fingerprint density at radius 3 is 2.68 bits per heavy atom. The molecule has 0 saturated carbocycles. The Morgan fingerprint density at radius 2 is 2.11 bits per heavy atom. The van der Waals surface area contributed by atoms with Gasteiger partial charge in [-0.1, -0.05) is 11.6 Å². The number of rotatable bonds is 3. The third-order valence-electron chi connectivity index (χ3n) is 2.64. The summed E-state index contributed by atoms with van der Waals surface area (Å²) in [7, 11) is 0. The standard InChI is InChI=1S/C12H14ClFN4S/c1-5-4-17-12(19-5)6(2)18-11-8(16)3-7(15)9(13)10(11)14/h3-4,6,18H,15-16H2,1-2H3. The topological polar surface area (TPSA) is 77.0 Å². The molecule has 19 heavy (non-hydrogen) atoms. The zero-order valence-corrected chi connectivity index (χ0v) is 12.1. The Kier molecular flexibility index (Phi) is 3.82. The van der Waals surface area contributed by atoms with Gasteiger partial charge in [0, 0.05) is 11.1 Å². The van der Waals surface area contributed by atoms with Gasteiger partial charge in [0.05, 0.1) is 23.1 Å². The minimum atomic E-state index is -0.640. The molecule has 0 aliphatic carbocycles. The van der Waals surface area contributed by atoms with Crippen LogP contribution >= 0.6 is 22.9 Å². The molecule has 1 unspecified atom stereocenters. The van der Waals surface area contributed by atoms with Gasteiger partial charge in [-0.25, -0.2) is 9.37 Å². The van der Waals surface area contributed by atoms with Crippen LogP contribution in [0.4, 0.5) is 21.5 Å². The normalized spacial score (nSPS) is 12.4. The van der Waals surface area contributed by atoms with Crippen LogP contribution in [0.1, 0.15) is 22.9 Å². The van der Waals surface area contributed by atoms with Gasteiger partial charge in [-0.3, -0.25) is 0 Å². The van der Waals surface area contributed by atoms with Crippen molar-refractivity contribution in [3.8, 4) is 0 Å². The molecule has 102 valence electrons. The smallest absolute Gasteiger partial charge is 0.169 e. The quantitative estimate of drug-likeness (QED) is 0.757. The van der Waals surface area contributed by atoms with Crippen LogP contribution in [0.5, 0.6) is 0 Å². The first-order valence-corrected chi connectivity index (χ1v) is 6.81. The number of nitrogens with one attached hydrogen (secondary N) is 1. The maximum Gasteiger partial charge on any atom is 0.169 e. The molecule has 5 N–H and O–H groups in total. The SMILES string of the molecule is Cc1cnc(C(C)Nc2c(N)cc(N)c(Cl)c2F)s1. The highest BCUT2D eigenvalue weighted by atomic mass is 35.5.